The smallest absolute Gasteiger partial charge is 0.308 e. The summed E-state index contributed by atoms with van der Waals surface area (Å²) in [6.45, 7) is 1.31. The van der Waals surface area contributed by atoms with E-state index < -0.39 is 11.9 Å². The molecule has 1 aromatic carbocycles. The van der Waals surface area contributed by atoms with E-state index in [9.17, 15) is 10.1 Å². The van der Waals surface area contributed by atoms with E-state index in [4.69, 9.17) is 19.9 Å². The Morgan fingerprint density at radius 3 is 2.86 bits per heavy atom. The van der Waals surface area contributed by atoms with Crippen LogP contribution in [0.1, 0.15) is 24.0 Å². The predicted octanol–water partition coefficient (Wildman–Crippen LogP) is 3.29. The molecule has 0 unspecified atom stereocenters. The quantitative estimate of drug-likeness (QED) is 0.501. The number of carbonyl (C=O) groups is 1. The van der Waals surface area contributed by atoms with E-state index in [1.807, 2.05) is 17.5 Å². The van der Waals surface area contributed by atoms with Gasteiger partial charge >= 0.3 is 5.97 Å². The van der Waals surface area contributed by atoms with E-state index in [2.05, 4.69) is 16.3 Å². The van der Waals surface area contributed by atoms with E-state index in [-0.39, 0.29) is 17.2 Å². The number of nitrogens with zero attached hydrogens (tertiary/aromatic N) is 2. The summed E-state index contributed by atoms with van der Waals surface area (Å²) in [4.78, 5) is 12.3. The number of allylic oxidation sites excluding steroid dienone is 1. The standard InChI is InChI=1S/C20H16N4O4S/c1-10(25)27-13-6-5-11(8-14(13)26-2)16-12(9-21)19(22)28-20-17(16)18(23-24-20)15-4-3-7-29-15/h3-8,16H,22H2,1-2H3,(H,23,24)/t16-/m1/s1. The van der Waals surface area contributed by atoms with Crippen molar-refractivity contribution in [3.8, 4) is 34.0 Å². The van der Waals surface area contributed by atoms with Crippen LogP contribution in [-0.4, -0.2) is 23.3 Å². The van der Waals surface area contributed by atoms with Crippen molar-refractivity contribution in [3.05, 3.63) is 58.3 Å². The van der Waals surface area contributed by atoms with Gasteiger partial charge < -0.3 is 19.9 Å². The lowest BCUT2D eigenvalue weighted by molar-refractivity contribution is -0.132. The van der Waals surface area contributed by atoms with Gasteiger partial charge in [0.15, 0.2) is 11.5 Å². The number of ether oxygens (including phenoxy) is 3. The van der Waals surface area contributed by atoms with Crippen LogP contribution in [0.15, 0.2) is 47.2 Å². The zero-order valence-electron chi connectivity index (χ0n) is 15.6. The summed E-state index contributed by atoms with van der Waals surface area (Å²) in [5.74, 6) is -0.0175. The van der Waals surface area contributed by atoms with E-state index in [0.29, 0.717) is 17.2 Å². The summed E-state index contributed by atoms with van der Waals surface area (Å²) in [5, 5.41) is 19.0. The molecule has 9 heteroatoms. The summed E-state index contributed by atoms with van der Waals surface area (Å²) in [5.41, 5.74) is 8.46. The van der Waals surface area contributed by atoms with Gasteiger partial charge in [-0.15, -0.1) is 16.4 Å². The molecule has 4 rings (SSSR count). The second kappa shape index (κ2) is 7.33. The van der Waals surface area contributed by atoms with Gasteiger partial charge in [-0.1, -0.05) is 12.1 Å². The number of benzene rings is 1. The lowest BCUT2D eigenvalue weighted by Gasteiger charge is -2.24. The molecule has 29 heavy (non-hydrogen) atoms. The lowest BCUT2D eigenvalue weighted by atomic mass is 9.83. The van der Waals surface area contributed by atoms with Gasteiger partial charge in [-0.25, -0.2) is 0 Å². The first-order chi connectivity index (χ1) is 14.0. The van der Waals surface area contributed by atoms with Crippen molar-refractivity contribution in [2.75, 3.05) is 7.11 Å². The third kappa shape index (κ3) is 3.19. The highest BCUT2D eigenvalue weighted by Crippen LogP contribution is 2.47. The average Bonchev–Trinajstić information content (AvgIpc) is 3.36. The molecule has 3 N–H and O–H groups in total. The molecule has 3 aromatic rings. The maximum absolute atomic E-state index is 11.3. The minimum absolute atomic E-state index is 0.00254. The van der Waals surface area contributed by atoms with Crippen LogP contribution >= 0.6 is 11.3 Å². The van der Waals surface area contributed by atoms with Crippen molar-refractivity contribution in [1.29, 1.82) is 5.26 Å². The van der Waals surface area contributed by atoms with Crippen molar-refractivity contribution in [1.82, 2.24) is 10.2 Å². The Hall–Kier alpha value is -3.77. The molecule has 3 heterocycles. The second-order valence-electron chi connectivity index (χ2n) is 6.22. The first-order valence-corrected chi connectivity index (χ1v) is 9.47. The van der Waals surface area contributed by atoms with Gasteiger partial charge in [0.1, 0.15) is 11.6 Å². The number of fused-ring (bicyclic) bond motifs is 1. The third-order valence-corrected chi connectivity index (χ3v) is 5.37. The number of H-pyrrole nitrogens is 1. The minimum atomic E-state index is -0.528. The maximum atomic E-state index is 11.3. The number of nitrogens with two attached hydrogens (primary N) is 1. The molecule has 0 fully saturated rings. The van der Waals surface area contributed by atoms with Crippen LogP contribution in [0.3, 0.4) is 0 Å². The third-order valence-electron chi connectivity index (χ3n) is 4.48. The van der Waals surface area contributed by atoms with Gasteiger partial charge in [0.05, 0.1) is 29.2 Å². The van der Waals surface area contributed by atoms with Crippen LogP contribution in [-0.2, 0) is 4.79 Å². The van der Waals surface area contributed by atoms with Crippen LogP contribution in [0.25, 0.3) is 10.6 Å². The number of aromatic nitrogens is 2. The number of hydrogen-bond acceptors (Lipinski definition) is 8. The van der Waals surface area contributed by atoms with E-state index >= 15 is 0 Å². The fourth-order valence-corrected chi connectivity index (χ4v) is 4.02. The van der Waals surface area contributed by atoms with E-state index in [0.717, 1.165) is 16.1 Å². The van der Waals surface area contributed by atoms with Crippen molar-refractivity contribution in [2.24, 2.45) is 5.73 Å². The summed E-state index contributed by atoms with van der Waals surface area (Å²) in [6.07, 6.45) is 0. The lowest BCUT2D eigenvalue weighted by Crippen LogP contribution is -2.21. The molecule has 146 valence electrons. The van der Waals surface area contributed by atoms with Crippen LogP contribution in [0, 0.1) is 11.3 Å². The number of aromatic amines is 1. The Morgan fingerprint density at radius 2 is 2.21 bits per heavy atom. The Labute approximate surface area is 170 Å². The number of methoxy groups -OCH3 is 1. The van der Waals surface area contributed by atoms with Crippen molar-refractivity contribution < 1.29 is 19.0 Å². The predicted molar refractivity (Wildman–Crippen MR) is 106 cm³/mol. The van der Waals surface area contributed by atoms with Crippen molar-refractivity contribution >= 4 is 17.3 Å². The topological polar surface area (TPSA) is 123 Å². The molecule has 0 amide bonds. The summed E-state index contributed by atoms with van der Waals surface area (Å²) in [7, 11) is 1.48. The highest BCUT2D eigenvalue weighted by atomic mass is 32.1. The Morgan fingerprint density at radius 1 is 1.38 bits per heavy atom. The van der Waals surface area contributed by atoms with Gasteiger partial charge in [-0.3, -0.25) is 9.89 Å². The molecule has 0 bridgehead atoms. The van der Waals surface area contributed by atoms with E-state index in [1.54, 1.807) is 18.2 Å². The Balaban J connectivity index is 1.90. The number of nitrogens with one attached hydrogen (secondary N) is 1. The molecule has 1 aliphatic rings. The Bertz CT molecular complexity index is 1160. The molecule has 2 aromatic heterocycles. The van der Waals surface area contributed by atoms with Gasteiger partial charge in [0, 0.05) is 6.92 Å². The summed E-state index contributed by atoms with van der Waals surface area (Å²) < 4.78 is 16.2. The molecule has 0 radical (unpaired) electrons. The molecular formula is C20H16N4O4S. The Kier molecular flexibility index (Phi) is 4.70. The monoisotopic (exact) mass is 408 g/mol. The van der Waals surface area contributed by atoms with Gasteiger partial charge in [-0.2, -0.15) is 5.26 Å². The van der Waals surface area contributed by atoms with Gasteiger partial charge in [0.25, 0.3) is 0 Å². The number of rotatable bonds is 4. The van der Waals surface area contributed by atoms with Crippen molar-refractivity contribution in [2.45, 2.75) is 12.8 Å². The number of thiophene rings is 1. The molecule has 0 saturated heterocycles. The SMILES string of the molecule is COc1cc([C@@H]2C(C#N)=C(N)Oc3n[nH]c(-c4cccs4)c32)ccc1OC(C)=O. The zero-order chi connectivity index (χ0) is 20.5. The number of esters is 1. The molecule has 1 atom stereocenters. The molecule has 0 aliphatic carbocycles. The largest absolute Gasteiger partial charge is 0.493 e. The second-order valence-corrected chi connectivity index (χ2v) is 7.17. The number of hydrogen-bond donors (Lipinski definition) is 2. The van der Waals surface area contributed by atoms with Crippen LogP contribution in [0.2, 0.25) is 0 Å². The van der Waals surface area contributed by atoms with Gasteiger partial charge in [0.2, 0.25) is 11.8 Å². The normalized spacial score (nSPS) is 15.3. The summed E-state index contributed by atoms with van der Waals surface area (Å²) in [6, 6.07) is 11.1. The fourth-order valence-electron chi connectivity index (χ4n) is 3.29. The first kappa shape index (κ1) is 18.6. The maximum Gasteiger partial charge on any atom is 0.308 e. The summed E-state index contributed by atoms with van der Waals surface area (Å²) >= 11 is 1.54. The number of carbonyl (C=O) groups excluding carboxylic acids is 1. The fraction of sp³-hybridized carbons (Fsp3) is 0.150. The van der Waals surface area contributed by atoms with E-state index in [1.165, 1.54) is 25.4 Å². The number of nitriles is 1. The zero-order valence-corrected chi connectivity index (χ0v) is 16.4. The van der Waals surface area contributed by atoms with Crippen molar-refractivity contribution in [3.63, 3.8) is 0 Å². The van der Waals surface area contributed by atoms with Crippen LogP contribution in [0.5, 0.6) is 17.4 Å². The van der Waals surface area contributed by atoms with Crippen LogP contribution in [0.4, 0.5) is 0 Å². The molecule has 0 spiro atoms. The molecule has 1 aliphatic heterocycles. The first-order valence-electron chi connectivity index (χ1n) is 8.59. The highest BCUT2D eigenvalue weighted by molar-refractivity contribution is 7.13. The highest BCUT2D eigenvalue weighted by Gasteiger charge is 2.36. The minimum Gasteiger partial charge on any atom is -0.493 e. The van der Waals surface area contributed by atoms with Crippen LogP contribution < -0.4 is 19.9 Å². The average molecular weight is 408 g/mol. The molecule has 8 nitrogen and oxygen atoms in total. The molecule has 0 saturated carbocycles. The molecular weight excluding hydrogens is 392 g/mol. The van der Waals surface area contributed by atoms with Gasteiger partial charge in [-0.05, 0) is 29.1 Å².